The van der Waals surface area contributed by atoms with Gasteiger partial charge in [-0.1, -0.05) is 32.4 Å². The van der Waals surface area contributed by atoms with Crippen LogP contribution in [-0.4, -0.2) is 62.0 Å². The zero-order valence-electron chi connectivity index (χ0n) is 25.3. The van der Waals surface area contributed by atoms with Crippen molar-refractivity contribution in [2.75, 3.05) is 0 Å². The van der Waals surface area contributed by atoms with Gasteiger partial charge in [0.1, 0.15) is 23.1 Å². The summed E-state index contributed by atoms with van der Waals surface area (Å²) in [6.45, 7) is 15.4. The second kappa shape index (κ2) is 9.17. The molecule has 8 nitrogen and oxygen atoms in total. The molecule has 0 amide bonds. The number of carbonyl (C=O) groups is 4. The number of aliphatic hydroxyl groups is 3. The number of carbonyl (C=O) groups excluding carboxylic acids is 4. The zero-order chi connectivity index (χ0) is 30.4. The highest BCUT2D eigenvalue weighted by atomic mass is 16.6. The first-order chi connectivity index (χ1) is 18.1. The Morgan fingerprint density at radius 2 is 1.65 bits per heavy atom. The first kappa shape index (κ1) is 30.8. The first-order valence-corrected chi connectivity index (χ1v) is 14.4. The summed E-state index contributed by atoms with van der Waals surface area (Å²) in [7, 11) is 0. The Morgan fingerprint density at radius 1 is 1.05 bits per heavy atom. The lowest BCUT2D eigenvalue weighted by atomic mass is 9.38. The predicted octanol–water partition coefficient (Wildman–Crippen LogP) is 3.50. The van der Waals surface area contributed by atoms with Gasteiger partial charge in [-0.2, -0.15) is 0 Å². The maximum absolute atomic E-state index is 14.3. The molecule has 0 aromatic carbocycles. The smallest absolute Gasteiger partial charge is 0.303 e. The van der Waals surface area contributed by atoms with Gasteiger partial charge in [0.05, 0.1) is 6.10 Å². The highest BCUT2D eigenvalue weighted by Gasteiger charge is 2.74. The summed E-state index contributed by atoms with van der Waals surface area (Å²) in [4.78, 5) is 52.1. The zero-order valence-corrected chi connectivity index (χ0v) is 25.3. The summed E-state index contributed by atoms with van der Waals surface area (Å²) in [5.74, 6) is -2.85. The minimum Gasteiger partial charge on any atom is -0.456 e. The van der Waals surface area contributed by atoms with Gasteiger partial charge in [0.2, 0.25) is 0 Å². The molecule has 40 heavy (non-hydrogen) atoms. The molecule has 9 unspecified atom stereocenters. The summed E-state index contributed by atoms with van der Waals surface area (Å²) in [6, 6.07) is 0. The van der Waals surface area contributed by atoms with E-state index in [-0.39, 0.29) is 36.2 Å². The van der Waals surface area contributed by atoms with Crippen molar-refractivity contribution in [3.05, 3.63) is 23.8 Å². The van der Waals surface area contributed by atoms with Crippen LogP contribution in [0.4, 0.5) is 0 Å². The lowest BCUT2D eigenvalue weighted by molar-refractivity contribution is -0.183. The Morgan fingerprint density at radius 3 is 2.23 bits per heavy atom. The van der Waals surface area contributed by atoms with E-state index in [4.69, 9.17) is 4.74 Å². The number of ether oxygens (including phenoxy) is 1. The monoisotopic (exact) mass is 558 g/mol. The predicted molar refractivity (Wildman–Crippen MR) is 148 cm³/mol. The van der Waals surface area contributed by atoms with Crippen LogP contribution in [0.15, 0.2) is 23.8 Å². The number of hydrogen-bond donors (Lipinski definition) is 3. The van der Waals surface area contributed by atoms with Crippen molar-refractivity contribution in [2.24, 2.45) is 39.4 Å². The third-order valence-electron chi connectivity index (χ3n) is 11.5. The Bertz CT molecular complexity index is 1210. The molecule has 9 atom stereocenters. The van der Waals surface area contributed by atoms with Crippen molar-refractivity contribution < 1.29 is 39.2 Å². The summed E-state index contributed by atoms with van der Waals surface area (Å²) in [6.07, 6.45) is 3.55. The van der Waals surface area contributed by atoms with E-state index in [0.29, 0.717) is 12.8 Å². The van der Waals surface area contributed by atoms with E-state index in [1.807, 2.05) is 27.7 Å². The van der Waals surface area contributed by atoms with Crippen LogP contribution in [0, 0.1) is 39.4 Å². The molecular formula is C32H46O8. The van der Waals surface area contributed by atoms with Gasteiger partial charge >= 0.3 is 5.97 Å². The topological polar surface area (TPSA) is 138 Å². The van der Waals surface area contributed by atoms with Gasteiger partial charge < -0.3 is 20.1 Å². The fraction of sp³-hybridized carbons (Fsp3) is 0.750. The summed E-state index contributed by atoms with van der Waals surface area (Å²) in [5.41, 5.74) is -5.43. The van der Waals surface area contributed by atoms with Crippen LogP contribution in [0.3, 0.4) is 0 Å². The van der Waals surface area contributed by atoms with Crippen molar-refractivity contribution in [3.63, 3.8) is 0 Å². The normalized spacial score (nSPS) is 42.4. The lowest BCUT2D eigenvalue weighted by Crippen LogP contribution is -2.65. The van der Waals surface area contributed by atoms with Gasteiger partial charge in [-0.25, -0.2) is 0 Å². The molecule has 3 fully saturated rings. The third-order valence-corrected chi connectivity index (χ3v) is 11.5. The standard InChI is InChI=1S/C32H46O8/c1-17(33)40-27(2,3)13-12-23(36)32(9,39)25-21(35)15-29(6)22-11-10-18-19(14-20(34)26(38)28(18,4)5)31(22,8)24(37)16-30(25,29)7/h10,12-13,19-22,25,34-35,39H,11,14-16H2,1-9H3/b13-12+. The van der Waals surface area contributed by atoms with E-state index in [1.165, 1.54) is 26.0 Å². The summed E-state index contributed by atoms with van der Waals surface area (Å²) >= 11 is 0. The minimum absolute atomic E-state index is 0.0284. The van der Waals surface area contributed by atoms with Crippen LogP contribution in [0.5, 0.6) is 0 Å². The molecule has 0 heterocycles. The van der Waals surface area contributed by atoms with Gasteiger partial charge in [-0.15, -0.1) is 0 Å². The number of hydrogen-bond acceptors (Lipinski definition) is 8. The van der Waals surface area contributed by atoms with Crippen molar-refractivity contribution in [1.29, 1.82) is 0 Å². The average Bonchev–Trinajstić information content (AvgIpc) is 3.01. The molecule has 0 aliphatic heterocycles. The molecular weight excluding hydrogens is 512 g/mol. The van der Waals surface area contributed by atoms with Crippen molar-refractivity contribution in [3.8, 4) is 0 Å². The molecule has 0 spiro atoms. The SMILES string of the molecule is CC(=O)OC(C)(C)/C=C/C(=O)C(C)(O)C1C(O)CC2(C)C3CC=C4C(CC(O)C(=O)C4(C)C)C3(C)C(=O)CC12C. The maximum Gasteiger partial charge on any atom is 0.303 e. The molecule has 0 radical (unpaired) electrons. The maximum atomic E-state index is 14.3. The van der Waals surface area contributed by atoms with Gasteiger partial charge in [0.25, 0.3) is 0 Å². The minimum atomic E-state index is -1.99. The van der Waals surface area contributed by atoms with Crippen molar-refractivity contribution >= 4 is 23.3 Å². The molecule has 0 aromatic heterocycles. The molecule has 4 aliphatic carbocycles. The molecule has 4 aliphatic rings. The summed E-state index contributed by atoms with van der Waals surface area (Å²) in [5, 5.41) is 34.0. The van der Waals surface area contributed by atoms with Gasteiger partial charge in [0, 0.05) is 30.1 Å². The van der Waals surface area contributed by atoms with Crippen LogP contribution >= 0.6 is 0 Å². The molecule has 4 rings (SSSR count). The molecule has 0 aromatic rings. The van der Waals surface area contributed by atoms with E-state index >= 15 is 0 Å². The van der Waals surface area contributed by atoms with E-state index in [0.717, 1.165) is 5.57 Å². The van der Waals surface area contributed by atoms with E-state index in [2.05, 4.69) is 13.0 Å². The highest BCUT2D eigenvalue weighted by molar-refractivity contribution is 5.98. The molecule has 0 bridgehead atoms. The quantitative estimate of drug-likeness (QED) is 0.265. The summed E-state index contributed by atoms with van der Waals surface area (Å²) < 4.78 is 5.23. The third kappa shape index (κ3) is 4.11. The van der Waals surface area contributed by atoms with Crippen LogP contribution < -0.4 is 0 Å². The fourth-order valence-electron chi connectivity index (χ4n) is 9.40. The average molecular weight is 559 g/mol. The van der Waals surface area contributed by atoms with E-state index in [9.17, 15) is 34.5 Å². The second-order valence-electron chi connectivity index (χ2n) is 14.8. The number of Topliss-reactive ketones (excluding diaryl/α,β-unsaturated/α-hetero) is 2. The Balaban J connectivity index is 1.75. The molecule has 3 saturated carbocycles. The van der Waals surface area contributed by atoms with Gasteiger partial charge in [0.15, 0.2) is 11.6 Å². The second-order valence-corrected chi connectivity index (χ2v) is 14.8. The van der Waals surface area contributed by atoms with Crippen molar-refractivity contribution in [1.82, 2.24) is 0 Å². The number of esters is 1. The fourth-order valence-corrected chi connectivity index (χ4v) is 9.40. The van der Waals surface area contributed by atoms with Gasteiger partial charge in [-0.3, -0.25) is 19.2 Å². The number of fused-ring (bicyclic) bond motifs is 5. The molecule has 3 N–H and O–H groups in total. The molecule has 222 valence electrons. The number of allylic oxidation sites excluding steroid dienone is 2. The first-order valence-electron chi connectivity index (χ1n) is 14.4. The highest BCUT2D eigenvalue weighted by Crippen LogP contribution is 2.74. The largest absolute Gasteiger partial charge is 0.456 e. The number of rotatable bonds is 5. The van der Waals surface area contributed by atoms with Crippen LogP contribution in [0.2, 0.25) is 0 Å². The molecule has 0 saturated heterocycles. The van der Waals surface area contributed by atoms with Crippen LogP contribution in [-0.2, 0) is 23.9 Å². The number of ketones is 3. The Labute approximate surface area is 237 Å². The number of aliphatic hydroxyl groups excluding tert-OH is 2. The Hall–Kier alpha value is -2.16. The van der Waals surface area contributed by atoms with Crippen LogP contribution in [0.1, 0.15) is 88.0 Å². The van der Waals surface area contributed by atoms with E-state index < -0.39 is 62.7 Å². The van der Waals surface area contributed by atoms with E-state index in [1.54, 1.807) is 13.8 Å². The lowest BCUT2D eigenvalue weighted by Gasteiger charge is -2.64. The Kier molecular flexibility index (Phi) is 7.06. The van der Waals surface area contributed by atoms with Crippen LogP contribution in [0.25, 0.3) is 0 Å². The molecule has 8 heteroatoms. The van der Waals surface area contributed by atoms with Gasteiger partial charge in [-0.05, 0) is 88.7 Å². The van der Waals surface area contributed by atoms with Crippen molar-refractivity contribution in [2.45, 2.75) is 111 Å².